The molecule has 1 aromatic heterocycles. The molecule has 0 spiro atoms. The second-order valence-corrected chi connectivity index (χ2v) is 6.06. The van der Waals surface area contributed by atoms with Crippen LogP contribution in [0.5, 0.6) is 0 Å². The molecule has 0 aliphatic heterocycles. The van der Waals surface area contributed by atoms with Crippen LogP contribution in [0.4, 0.5) is 0 Å². The van der Waals surface area contributed by atoms with E-state index in [9.17, 15) is 0 Å². The zero-order valence-corrected chi connectivity index (χ0v) is 12.9. The molecule has 1 atom stereocenters. The van der Waals surface area contributed by atoms with Crippen molar-refractivity contribution in [1.29, 1.82) is 0 Å². The molecule has 18 heavy (non-hydrogen) atoms. The number of aliphatic hydroxyl groups is 1. The van der Waals surface area contributed by atoms with E-state index in [4.69, 9.17) is 5.11 Å². The highest BCUT2D eigenvalue weighted by Gasteiger charge is 2.14. The first kappa shape index (κ1) is 15.6. The summed E-state index contributed by atoms with van der Waals surface area (Å²) < 4.78 is 0. The second kappa shape index (κ2) is 8.60. The van der Waals surface area contributed by atoms with Crippen molar-refractivity contribution in [2.45, 2.75) is 25.9 Å². The Morgan fingerprint density at radius 2 is 2.33 bits per heavy atom. The molecule has 1 aromatic rings. The van der Waals surface area contributed by atoms with E-state index in [0.717, 1.165) is 17.9 Å². The molecule has 1 unspecified atom stereocenters. The quantitative estimate of drug-likeness (QED) is 0.812. The first-order chi connectivity index (χ1) is 8.72. The van der Waals surface area contributed by atoms with Crippen molar-refractivity contribution in [3.63, 3.8) is 0 Å². The fraction of sp³-hybridized carbons (Fsp3) is 0.571. The molecule has 1 heterocycles. The maximum absolute atomic E-state index is 8.75. The van der Waals surface area contributed by atoms with E-state index < -0.39 is 0 Å². The Bertz CT molecular complexity index is 405. The van der Waals surface area contributed by atoms with Crippen molar-refractivity contribution in [2.24, 2.45) is 0 Å². The Morgan fingerprint density at radius 3 is 2.94 bits per heavy atom. The summed E-state index contributed by atoms with van der Waals surface area (Å²) in [6, 6.07) is 2.65. The second-order valence-electron chi connectivity index (χ2n) is 4.15. The van der Waals surface area contributed by atoms with Crippen LogP contribution in [0.15, 0.2) is 11.4 Å². The van der Waals surface area contributed by atoms with E-state index >= 15 is 0 Å². The summed E-state index contributed by atoms with van der Waals surface area (Å²) in [5.74, 6) is 6.90. The van der Waals surface area contributed by atoms with Crippen molar-refractivity contribution in [2.75, 3.05) is 25.7 Å². The SMILES string of the molecule is CCC(CSC)N(C)Cc1sccc1C#CCO. The minimum atomic E-state index is -0.0742. The number of nitrogens with zero attached hydrogens (tertiary/aromatic N) is 1. The maximum Gasteiger partial charge on any atom is 0.104 e. The zero-order chi connectivity index (χ0) is 13.4. The van der Waals surface area contributed by atoms with E-state index in [0.29, 0.717) is 6.04 Å². The van der Waals surface area contributed by atoms with Gasteiger partial charge in [0.1, 0.15) is 6.61 Å². The highest BCUT2D eigenvalue weighted by Crippen LogP contribution is 2.20. The molecule has 1 N–H and O–H groups in total. The molecular weight excluding hydrogens is 262 g/mol. The molecule has 0 fully saturated rings. The lowest BCUT2D eigenvalue weighted by Crippen LogP contribution is -2.32. The largest absolute Gasteiger partial charge is 0.384 e. The molecule has 1 rings (SSSR count). The van der Waals surface area contributed by atoms with Gasteiger partial charge in [0.15, 0.2) is 0 Å². The fourth-order valence-corrected chi connectivity index (χ4v) is 3.58. The smallest absolute Gasteiger partial charge is 0.104 e. The van der Waals surface area contributed by atoms with E-state index in [-0.39, 0.29) is 6.61 Å². The van der Waals surface area contributed by atoms with Crippen LogP contribution in [0, 0.1) is 11.8 Å². The van der Waals surface area contributed by atoms with Gasteiger partial charge in [-0.3, -0.25) is 4.90 Å². The average Bonchev–Trinajstić information content (AvgIpc) is 2.80. The predicted octanol–water partition coefficient (Wildman–Crippen LogP) is 2.67. The summed E-state index contributed by atoms with van der Waals surface area (Å²) >= 11 is 3.64. The number of thiophene rings is 1. The third-order valence-electron chi connectivity index (χ3n) is 2.89. The predicted molar refractivity (Wildman–Crippen MR) is 82.2 cm³/mol. The summed E-state index contributed by atoms with van der Waals surface area (Å²) in [6.07, 6.45) is 3.32. The highest BCUT2D eigenvalue weighted by atomic mass is 32.2. The van der Waals surface area contributed by atoms with Gasteiger partial charge in [0, 0.05) is 28.8 Å². The number of aliphatic hydroxyl groups excluding tert-OH is 1. The van der Waals surface area contributed by atoms with E-state index in [2.05, 4.69) is 42.3 Å². The monoisotopic (exact) mass is 283 g/mol. The molecule has 0 bridgehead atoms. The lowest BCUT2D eigenvalue weighted by atomic mass is 10.2. The summed E-state index contributed by atoms with van der Waals surface area (Å²) in [5, 5.41) is 10.8. The highest BCUT2D eigenvalue weighted by molar-refractivity contribution is 7.98. The van der Waals surface area contributed by atoms with Gasteiger partial charge in [0.25, 0.3) is 0 Å². The van der Waals surface area contributed by atoms with Crippen LogP contribution in [-0.2, 0) is 6.54 Å². The molecule has 0 aromatic carbocycles. The Kier molecular flexibility index (Phi) is 7.45. The minimum absolute atomic E-state index is 0.0742. The molecular formula is C14H21NOS2. The van der Waals surface area contributed by atoms with Crippen molar-refractivity contribution in [3.8, 4) is 11.8 Å². The first-order valence-electron chi connectivity index (χ1n) is 6.08. The molecule has 0 amide bonds. The number of hydrogen-bond donors (Lipinski definition) is 1. The number of hydrogen-bond acceptors (Lipinski definition) is 4. The molecule has 4 heteroatoms. The normalized spacial score (nSPS) is 12.3. The minimum Gasteiger partial charge on any atom is -0.384 e. The molecule has 0 aliphatic rings. The lowest BCUT2D eigenvalue weighted by molar-refractivity contribution is 0.250. The Labute approximate surface area is 118 Å². The van der Waals surface area contributed by atoms with Crippen molar-refractivity contribution in [3.05, 3.63) is 21.9 Å². The van der Waals surface area contributed by atoms with Gasteiger partial charge in [-0.2, -0.15) is 11.8 Å². The van der Waals surface area contributed by atoms with Gasteiger partial charge in [-0.1, -0.05) is 18.8 Å². The van der Waals surface area contributed by atoms with Gasteiger partial charge in [0.2, 0.25) is 0 Å². The number of rotatable bonds is 6. The summed E-state index contributed by atoms with van der Waals surface area (Å²) in [7, 11) is 2.17. The third-order valence-corrected chi connectivity index (χ3v) is 4.52. The van der Waals surface area contributed by atoms with Crippen molar-refractivity contribution < 1.29 is 5.11 Å². The fourth-order valence-electron chi connectivity index (χ4n) is 1.81. The van der Waals surface area contributed by atoms with Crippen molar-refractivity contribution in [1.82, 2.24) is 4.90 Å². The van der Waals surface area contributed by atoms with Crippen molar-refractivity contribution >= 4 is 23.1 Å². The topological polar surface area (TPSA) is 23.5 Å². The van der Waals surface area contributed by atoms with Gasteiger partial charge in [-0.25, -0.2) is 0 Å². The van der Waals surface area contributed by atoms with Gasteiger partial charge in [0.05, 0.1) is 0 Å². The van der Waals surface area contributed by atoms with Crippen LogP contribution in [0.2, 0.25) is 0 Å². The van der Waals surface area contributed by atoms with Crippen LogP contribution < -0.4 is 0 Å². The molecule has 0 aliphatic carbocycles. The van der Waals surface area contributed by atoms with Crippen LogP contribution in [0.25, 0.3) is 0 Å². The average molecular weight is 283 g/mol. The van der Waals surface area contributed by atoms with Gasteiger partial charge in [-0.05, 0) is 31.2 Å². The van der Waals surface area contributed by atoms with Crippen LogP contribution in [-0.4, -0.2) is 41.7 Å². The Balaban J connectivity index is 2.68. The van der Waals surface area contributed by atoms with Crippen LogP contribution in [0.1, 0.15) is 23.8 Å². The van der Waals surface area contributed by atoms with Crippen LogP contribution in [0.3, 0.4) is 0 Å². The zero-order valence-electron chi connectivity index (χ0n) is 11.3. The summed E-state index contributed by atoms with van der Waals surface area (Å²) in [6.45, 7) is 3.10. The van der Waals surface area contributed by atoms with E-state index in [1.807, 2.05) is 17.8 Å². The van der Waals surface area contributed by atoms with E-state index in [1.54, 1.807) is 11.3 Å². The molecule has 0 saturated carbocycles. The molecule has 2 nitrogen and oxygen atoms in total. The molecule has 100 valence electrons. The third kappa shape index (κ3) is 4.66. The van der Waals surface area contributed by atoms with Gasteiger partial charge >= 0.3 is 0 Å². The van der Waals surface area contributed by atoms with E-state index in [1.165, 1.54) is 11.3 Å². The molecule has 0 radical (unpaired) electrons. The number of thioether (sulfide) groups is 1. The van der Waals surface area contributed by atoms with Gasteiger partial charge in [-0.15, -0.1) is 11.3 Å². The Hall–Kier alpha value is -0.470. The summed E-state index contributed by atoms with van der Waals surface area (Å²) in [4.78, 5) is 3.69. The lowest BCUT2D eigenvalue weighted by Gasteiger charge is -2.26. The van der Waals surface area contributed by atoms with Gasteiger partial charge < -0.3 is 5.11 Å². The van der Waals surface area contributed by atoms with Crippen LogP contribution >= 0.6 is 23.1 Å². The maximum atomic E-state index is 8.75. The summed E-state index contributed by atoms with van der Waals surface area (Å²) in [5.41, 5.74) is 1.06. The molecule has 0 saturated heterocycles. The first-order valence-corrected chi connectivity index (χ1v) is 8.35. The standard InChI is InChI=1S/C14H21NOS2/c1-4-13(11-17-3)15(2)10-14-12(6-5-8-16)7-9-18-14/h7,9,13,16H,4,8,10-11H2,1-3H3. The Morgan fingerprint density at radius 1 is 1.56 bits per heavy atom.